The molecule has 0 aromatic heterocycles. The molecular formula is C18H23N. The van der Waals surface area contributed by atoms with E-state index in [0.29, 0.717) is 0 Å². The van der Waals surface area contributed by atoms with Crippen molar-refractivity contribution in [1.82, 2.24) is 0 Å². The van der Waals surface area contributed by atoms with Crippen molar-refractivity contribution in [3.8, 4) is 0 Å². The van der Waals surface area contributed by atoms with Gasteiger partial charge in [-0.3, -0.25) is 0 Å². The molecule has 2 rings (SSSR count). The standard InChI is InChI=1S/C18H23N/c1-14-6-8-18(9-7-14)19-10-4-5-17-12-15(2)11-16(3)13-17/h6-9,11-13,19H,4-5,10H2,1-3H3. The molecule has 2 aromatic carbocycles. The quantitative estimate of drug-likeness (QED) is 0.764. The maximum atomic E-state index is 3.47. The van der Waals surface area contributed by atoms with Gasteiger partial charge in [0.05, 0.1) is 0 Å². The second-order valence-corrected chi connectivity index (χ2v) is 5.39. The average Bonchev–Trinajstić information content (AvgIpc) is 2.36. The maximum absolute atomic E-state index is 3.47. The van der Waals surface area contributed by atoms with E-state index < -0.39 is 0 Å². The average molecular weight is 253 g/mol. The van der Waals surface area contributed by atoms with E-state index in [1.165, 1.54) is 27.9 Å². The summed E-state index contributed by atoms with van der Waals surface area (Å²) < 4.78 is 0. The molecule has 0 amide bonds. The van der Waals surface area contributed by atoms with Crippen LogP contribution in [0.2, 0.25) is 0 Å². The lowest BCUT2D eigenvalue weighted by molar-refractivity contribution is 0.861. The van der Waals surface area contributed by atoms with E-state index in [9.17, 15) is 0 Å². The van der Waals surface area contributed by atoms with Crippen molar-refractivity contribution in [2.75, 3.05) is 11.9 Å². The molecule has 0 fully saturated rings. The van der Waals surface area contributed by atoms with E-state index in [4.69, 9.17) is 0 Å². The summed E-state index contributed by atoms with van der Waals surface area (Å²) in [6.07, 6.45) is 2.30. The van der Waals surface area contributed by atoms with Gasteiger partial charge in [0, 0.05) is 12.2 Å². The fourth-order valence-electron chi connectivity index (χ4n) is 2.41. The van der Waals surface area contributed by atoms with Crippen LogP contribution in [0.4, 0.5) is 5.69 Å². The van der Waals surface area contributed by atoms with Gasteiger partial charge in [-0.2, -0.15) is 0 Å². The Morgan fingerprint density at radius 2 is 1.42 bits per heavy atom. The fraction of sp³-hybridized carbons (Fsp3) is 0.333. The SMILES string of the molecule is Cc1ccc(NCCCc2cc(C)cc(C)c2)cc1. The summed E-state index contributed by atoms with van der Waals surface area (Å²) >= 11 is 0. The Balaban J connectivity index is 1.79. The second kappa shape index (κ2) is 6.42. The Morgan fingerprint density at radius 3 is 2.05 bits per heavy atom. The van der Waals surface area contributed by atoms with Gasteiger partial charge in [-0.05, 0) is 51.3 Å². The molecule has 19 heavy (non-hydrogen) atoms. The molecule has 0 saturated carbocycles. The lowest BCUT2D eigenvalue weighted by atomic mass is 10.0. The topological polar surface area (TPSA) is 12.0 Å². The van der Waals surface area contributed by atoms with Gasteiger partial charge in [0.1, 0.15) is 0 Å². The Hall–Kier alpha value is -1.76. The summed E-state index contributed by atoms with van der Waals surface area (Å²) in [5.74, 6) is 0. The predicted molar refractivity (Wildman–Crippen MR) is 83.9 cm³/mol. The van der Waals surface area contributed by atoms with Crippen LogP contribution in [-0.4, -0.2) is 6.54 Å². The first kappa shape index (κ1) is 13.7. The molecule has 0 radical (unpaired) electrons. The van der Waals surface area contributed by atoms with Crippen LogP contribution in [0.25, 0.3) is 0 Å². The van der Waals surface area contributed by atoms with Gasteiger partial charge in [-0.15, -0.1) is 0 Å². The highest BCUT2D eigenvalue weighted by atomic mass is 14.9. The van der Waals surface area contributed by atoms with E-state index in [-0.39, 0.29) is 0 Å². The van der Waals surface area contributed by atoms with Crippen LogP contribution < -0.4 is 5.32 Å². The van der Waals surface area contributed by atoms with Crippen LogP contribution >= 0.6 is 0 Å². The van der Waals surface area contributed by atoms with Crippen molar-refractivity contribution < 1.29 is 0 Å². The molecule has 1 N–H and O–H groups in total. The number of nitrogens with one attached hydrogen (secondary N) is 1. The van der Waals surface area contributed by atoms with Gasteiger partial charge in [0.15, 0.2) is 0 Å². The van der Waals surface area contributed by atoms with E-state index in [1.54, 1.807) is 0 Å². The van der Waals surface area contributed by atoms with Crippen molar-refractivity contribution in [1.29, 1.82) is 0 Å². The molecule has 0 saturated heterocycles. The predicted octanol–water partition coefficient (Wildman–Crippen LogP) is 4.66. The third kappa shape index (κ3) is 4.44. The van der Waals surface area contributed by atoms with Crippen molar-refractivity contribution >= 4 is 5.69 Å². The van der Waals surface area contributed by atoms with E-state index in [0.717, 1.165) is 19.4 Å². The van der Waals surface area contributed by atoms with Crippen molar-refractivity contribution in [3.63, 3.8) is 0 Å². The molecule has 0 atom stereocenters. The fourth-order valence-corrected chi connectivity index (χ4v) is 2.41. The van der Waals surface area contributed by atoms with Gasteiger partial charge < -0.3 is 5.32 Å². The Labute approximate surface area is 116 Å². The number of rotatable bonds is 5. The molecule has 0 aliphatic carbocycles. The highest BCUT2D eigenvalue weighted by Crippen LogP contribution is 2.12. The molecular weight excluding hydrogens is 230 g/mol. The number of anilines is 1. The molecule has 1 heteroatoms. The number of benzene rings is 2. The van der Waals surface area contributed by atoms with Gasteiger partial charge >= 0.3 is 0 Å². The van der Waals surface area contributed by atoms with Gasteiger partial charge in [-0.1, -0.05) is 47.0 Å². The lowest BCUT2D eigenvalue weighted by Crippen LogP contribution is -2.03. The van der Waals surface area contributed by atoms with Crippen LogP contribution in [0.15, 0.2) is 42.5 Å². The van der Waals surface area contributed by atoms with Gasteiger partial charge in [0.25, 0.3) is 0 Å². The number of hydrogen-bond acceptors (Lipinski definition) is 1. The summed E-state index contributed by atoms with van der Waals surface area (Å²) in [7, 11) is 0. The van der Waals surface area contributed by atoms with E-state index in [1.807, 2.05) is 0 Å². The summed E-state index contributed by atoms with van der Waals surface area (Å²) in [6.45, 7) is 7.47. The molecule has 0 spiro atoms. The molecule has 0 aliphatic rings. The molecule has 1 nitrogen and oxygen atoms in total. The van der Waals surface area contributed by atoms with Crippen LogP contribution in [0.5, 0.6) is 0 Å². The van der Waals surface area contributed by atoms with Crippen LogP contribution in [0, 0.1) is 20.8 Å². The first-order chi connectivity index (χ1) is 9.13. The molecule has 0 aliphatic heterocycles. The van der Waals surface area contributed by atoms with Gasteiger partial charge in [-0.25, -0.2) is 0 Å². The minimum absolute atomic E-state index is 1.02. The Bertz CT molecular complexity index is 506. The normalized spacial score (nSPS) is 10.5. The maximum Gasteiger partial charge on any atom is 0.0340 e. The van der Waals surface area contributed by atoms with Crippen molar-refractivity contribution in [3.05, 3.63) is 64.7 Å². The Kier molecular flexibility index (Phi) is 4.62. The second-order valence-electron chi connectivity index (χ2n) is 5.39. The monoisotopic (exact) mass is 253 g/mol. The zero-order valence-electron chi connectivity index (χ0n) is 12.2. The van der Waals surface area contributed by atoms with Gasteiger partial charge in [0.2, 0.25) is 0 Å². The minimum Gasteiger partial charge on any atom is -0.385 e. The third-order valence-electron chi connectivity index (χ3n) is 3.30. The van der Waals surface area contributed by atoms with E-state index in [2.05, 4.69) is 68.6 Å². The van der Waals surface area contributed by atoms with Crippen molar-refractivity contribution in [2.45, 2.75) is 33.6 Å². The summed E-state index contributed by atoms with van der Waals surface area (Å²) in [5, 5.41) is 3.47. The van der Waals surface area contributed by atoms with Crippen molar-refractivity contribution in [2.24, 2.45) is 0 Å². The highest BCUT2D eigenvalue weighted by Gasteiger charge is 1.97. The first-order valence-electron chi connectivity index (χ1n) is 7.01. The summed E-state index contributed by atoms with van der Waals surface area (Å²) in [4.78, 5) is 0. The lowest BCUT2D eigenvalue weighted by Gasteiger charge is -2.08. The van der Waals surface area contributed by atoms with Crippen LogP contribution in [0.3, 0.4) is 0 Å². The number of aryl methyl sites for hydroxylation is 4. The third-order valence-corrected chi connectivity index (χ3v) is 3.30. The van der Waals surface area contributed by atoms with Crippen LogP contribution in [0.1, 0.15) is 28.7 Å². The Morgan fingerprint density at radius 1 is 0.789 bits per heavy atom. The first-order valence-corrected chi connectivity index (χ1v) is 7.01. The molecule has 0 bridgehead atoms. The molecule has 0 unspecified atom stereocenters. The highest BCUT2D eigenvalue weighted by molar-refractivity contribution is 5.44. The summed E-state index contributed by atoms with van der Waals surface area (Å²) in [5.41, 5.74) is 6.69. The molecule has 2 aromatic rings. The molecule has 0 heterocycles. The largest absolute Gasteiger partial charge is 0.385 e. The zero-order valence-corrected chi connectivity index (χ0v) is 12.2. The van der Waals surface area contributed by atoms with E-state index >= 15 is 0 Å². The summed E-state index contributed by atoms with van der Waals surface area (Å²) in [6, 6.07) is 15.4. The smallest absolute Gasteiger partial charge is 0.0340 e. The minimum atomic E-state index is 1.02. The number of hydrogen-bond donors (Lipinski definition) is 1. The van der Waals surface area contributed by atoms with Crippen LogP contribution in [-0.2, 0) is 6.42 Å². The molecule has 100 valence electrons. The zero-order chi connectivity index (χ0) is 13.7.